The van der Waals surface area contributed by atoms with E-state index in [9.17, 15) is 9.59 Å². The maximum Gasteiger partial charge on any atom is 0.322 e. The normalized spacial score (nSPS) is 12.0. The van der Waals surface area contributed by atoms with E-state index in [0.717, 1.165) is 11.3 Å². The van der Waals surface area contributed by atoms with Crippen LogP contribution in [-0.4, -0.2) is 48.6 Å². The van der Waals surface area contributed by atoms with Crippen molar-refractivity contribution >= 4 is 11.9 Å². The second-order valence-corrected chi connectivity index (χ2v) is 4.69. The summed E-state index contributed by atoms with van der Waals surface area (Å²) in [6.45, 7) is 4.44. The first-order valence-electron chi connectivity index (χ1n) is 6.84. The highest BCUT2D eigenvalue weighted by Gasteiger charge is 2.18. The number of methoxy groups -OCH3 is 1. The van der Waals surface area contributed by atoms with Gasteiger partial charge in [-0.25, -0.2) is 0 Å². The molecule has 0 saturated carbocycles. The summed E-state index contributed by atoms with van der Waals surface area (Å²) in [6, 6.07) is 7.71. The number of aliphatic carboxylic acids is 1. The molecule has 0 aromatic heterocycles. The van der Waals surface area contributed by atoms with Gasteiger partial charge in [-0.15, -0.1) is 0 Å². The van der Waals surface area contributed by atoms with Crippen LogP contribution in [0, 0.1) is 0 Å². The van der Waals surface area contributed by atoms with Crippen molar-refractivity contribution in [3.8, 4) is 5.75 Å². The number of likely N-dealkylation sites (N-methyl/N-ethyl adjacent to an activating group) is 1. The predicted octanol–water partition coefficient (Wildman–Crippen LogP) is 1.28. The molecule has 1 rings (SSSR count). The summed E-state index contributed by atoms with van der Waals surface area (Å²) in [5.74, 6) is -0.577. The van der Waals surface area contributed by atoms with Crippen molar-refractivity contribution in [1.29, 1.82) is 0 Å². The fraction of sp³-hybridized carbons (Fsp3) is 0.467. The van der Waals surface area contributed by atoms with E-state index in [4.69, 9.17) is 9.84 Å². The van der Waals surface area contributed by atoms with E-state index < -0.39 is 5.97 Å². The Kier molecular flexibility index (Phi) is 6.68. The van der Waals surface area contributed by atoms with Crippen molar-refractivity contribution in [3.05, 3.63) is 29.8 Å². The maximum atomic E-state index is 11.7. The summed E-state index contributed by atoms with van der Waals surface area (Å²) < 4.78 is 5.20. The third-order valence-corrected chi connectivity index (χ3v) is 3.31. The number of benzene rings is 1. The number of hydrogen-bond acceptors (Lipinski definition) is 4. The summed E-state index contributed by atoms with van der Waals surface area (Å²) in [5.41, 5.74) is 1.04. The van der Waals surface area contributed by atoms with Crippen LogP contribution in [0.2, 0.25) is 0 Å². The number of carbonyl (C=O) groups is 2. The number of carbonyl (C=O) groups excluding carboxylic acids is 1. The molecule has 0 heterocycles. The molecule has 0 fully saturated rings. The topological polar surface area (TPSA) is 78.9 Å². The summed E-state index contributed by atoms with van der Waals surface area (Å²) in [6.07, 6.45) is 0. The number of rotatable bonds is 8. The lowest BCUT2D eigenvalue weighted by molar-refractivity contribution is -0.138. The van der Waals surface area contributed by atoms with Gasteiger partial charge in [0.2, 0.25) is 5.91 Å². The van der Waals surface area contributed by atoms with Gasteiger partial charge in [-0.05, 0) is 31.2 Å². The third kappa shape index (κ3) is 5.43. The zero-order chi connectivity index (χ0) is 15.8. The molecule has 1 aromatic rings. The fourth-order valence-corrected chi connectivity index (χ4v) is 2.05. The molecule has 2 N–H and O–H groups in total. The van der Waals surface area contributed by atoms with Crippen LogP contribution in [0.5, 0.6) is 5.75 Å². The van der Waals surface area contributed by atoms with Crippen molar-refractivity contribution < 1.29 is 19.4 Å². The Hall–Kier alpha value is -2.08. The molecule has 0 aliphatic rings. The van der Waals surface area contributed by atoms with E-state index in [2.05, 4.69) is 5.32 Å². The van der Waals surface area contributed by atoms with Crippen LogP contribution >= 0.6 is 0 Å². The fourth-order valence-electron chi connectivity index (χ4n) is 2.05. The van der Waals surface area contributed by atoms with Gasteiger partial charge in [-0.2, -0.15) is 0 Å². The molecule has 0 aliphatic heterocycles. The van der Waals surface area contributed by atoms with E-state index in [-0.39, 0.29) is 25.0 Å². The minimum absolute atomic E-state index is 0.0284. The number of carboxylic acids is 1. The van der Waals surface area contributed by atoms with Crippen LogP contribution in [0.15, 0.2) is 24.3 Å². The first-order valence-corrected chi connectivity index (χ1v) is 6.84. The quantitative estimate of drug-likeness (QED) is 0.755. The SMILES string of the molecule is CCN(CC(=O)NCC(=O)O)C(C)c1cccc(OC)c1. The van der Waals surface area contributed by atoms with Gasteiger partial charge in [-0.3, -0.25) is 14.5 Å². The highest BCUT2D eigenvalue weighted by atomic mass is 16.5. The number of ether oxygens (including phenoxy) is 1. The second-order valence-electron chi connectivity index (χ2n) is 4.69. The van der Waals surface area contributed by atoms with E-state index in [1.54, 1.807) is 7.11 Å². The first-order chi connectivity index (χ1) is 9.97. The Balaban J connectivity index is 2.69. The van der Waals surface area contributed by atoms with Gasteiger partial charge in [0.15, 0.2) is 0 Å². The second kappa shape index (κ2) is 8.26. The number of carboxylic acid groups (broad SMARTS) is 1. The van der Waals surface area contributed by atoms with Crippen molar-refractivity contribution in [3.63, 3.8) is 0 Å². The number of nitrogens with one attached hydrogen (secondary N) is 1. The first kappa shape index (κ1) is 17.0. The minimum Gasteiger partial charge on any atom is -0.497 e. The molecule has 21 heavy (non-hydrogen) atoms. The maximum absolute atomic E-state index is 11.7. The lowest BCUT2D eigenvalue weighted by Crippen LogP contribution is -2.40. The Morgan fingerprint density at radius 1 is 1.43 bits per heavy atom. The van der Waals surface area contributed by atoms with Gasteiger partial charge in [0, 0.05) is 6.04 Å². The van der Waals surface area contributed by atoms with Crippen LogP contribution in [0.25, 0.3) is 0 Å². The lowest BCUT2D eigenvalue weighted by atomic mass is 10.1. The van der Waals surface area contributed by atoms with Crippen LogP contribution in [0.1, 0.15) is 25.5 Å². The molecule has 0 radical (unpaired) electrons. The Labute approximate surface area is 124 Å². The third-order valence-electron chi connectivity index (χ3n) is 3.31. The highest BCUT2D eigenvalue weighted by Crippen LogP contribution is 2.23. The summed E-state index contributed by atoms with van der Waals surface area (Å²) in [5, 5.41) is 10.9. The molecule has 0 saturated heterocycles. The summed E-state index contributed by atoms with van der Waals surface area (Å²) in [4.78, 5) is 24.1. The van der Waals surface area contributed by atoms with E-state index in [0.29, 0.717) is 6.54 Å². The summed E-state index contributed by atoms with van der Waals surface area (Å²) >= 11 is 0. The van der Waals surface area contributed by atoms with Crippen molar-refractivity contribution in [1.82, 2.24) is 10.2 Å². The number of nitrogens with zero attached hydrogens (tertiary/aromatic N) is 1. The monoisotopic (exact) mass is 294 g/mol. The molecule has 6 heteroatoms. The van der Waals surface area contributed by atoms with E-state index in [1.165, 1.54) is 0 Å². The molecule has 1 unspecified atom stereocenters. The highest BCUT2D eigenvalue weighted by molar-refractivity contribution is 5.82. The molecule has 0 bridgehead atoms. The van der Waals surface area contributed by atoms with Gasteiger partial charge in [-0.1, -0.05) is 19.1 Å². The average Bonchev–Trinajstić information content (AvgIpc) is 2.49. The van der Waals surface area contributed by atoms with Crippen LogP contribution in [0.4, 0.5) is 0 Å². The van der Waals surface area contributed by atoms with E-state index in [1.807, 2.05) is 43.0 Å². The number of hydrogen-bond donors (Lipinski definition) is 2. The van der Waals surface area contributed by atoms with Gasteiger partial charge < -0.3 is 15.2 Å². The predicted molar refractivity (Wildman–Crippen MR) is 79.3 cm³/mol. The van der Waals surface area contributed by atoms with Gasteiger partial charge >= 0.3 is 5.97 Å². The zero-order valence-electron chi connectivity index (χ0n) is 12.6. The zero-order valence-corrected chi connectivity index (χ0v) is 12.6. The molecule has 0 aliphatic carbocycles. The van der Waals surface area contributed by atoms with Gasteiger partial charge in [0.25, 0.3) is 0 Å². The van der Waals surface area contributed by atoms with Gasteiger partial charge in [0.05, 0.1) is 13.7 Å². The molecular weight excluding hydrogens is 272 g/mol. The molecule has 1 aromatic carbocycles. The molecule has 1 amide bonds. The van der Waals surface area contributed by atoms with E-state index >= 15 is 0 Å². The Morgan fingerprint density at radius 2 is 2.14 bits per heavy atom. The van der Waals surface area contributed by atoms with Gasteiger partial charge in [0.1, 0.15) is 12.3 Å². The standard InChI is InChI=1S/C15H22N2O4/c1-4-17(10-14(18)16-9-15(19)20)11(2)12-6-5-7-13(8-12)21-3/h5-8,11H,4,9-10H2,1-3H3,(H,16,18)(H,19,20). The smallest absolute Gasteiger partial charge is 0.322 e. The molecule has 6 nitrogen and oxygen atoms in total. The molecule has 1 atom stereocenters. The van der Waals surface area contributed by atoms with Crippen molar-refractivity contribution in [2.24, 2.45) is 0 Å². The van der Waals surface area contributed by atoms with Crippen molar-refractivity contribution in [2.45, 2.75) is 19.9 Å². The average molecular weight is 294 g/mol. The van der Waals surface area contributed by atoms with Crippen LogP contribution in [-0.2, 0) is 9.59 Å². The van der Waals surface area contributed by atoms with Crippen LogP contribution in [0.3, 0.4) is 0 Å². The number of amides is 1. The largest absolute Gasteiger partial charge is 0.497 e. The molecule has 0 spiro atoms. The van der Waals surface area contributed by atoms with Crippen LogP contribution < -0.4 is 10.1 Å². The Bertz CT molecular complexity index is 490. The minimum atomic E-state index is -1.05. The molecule has 116 valence electrons. The lowest BCUT2D eigenvalue weighted by Gasteiger charge is -2.27. The Morgan fingerprint density at radius 3 is 2.71 bits per heavy atom. The van der Waals surface area contributed by atoms with Crippen molar-refractivity contribution in [2.75, 3.05) is 26.7 Å². The molecular formula is C15H22N2O4. The summed E-state index contributed by atoms with van der Waals surface area (Å²) in [7, 11) is 1.61.